The number of benzene rings is 1. The molecule has 2 aromatic rings. The lowest BCUT2D eigenvalue weighted by atomic mass is 10.0. The third-order valence-electron chi connectivity index (χ3n) is 2.87. The van der Waals surface area contributed by atoms with E-state index in [0.717, 1.165) is 0 Å². The van der Waals surface area contributed by atoms with Gasteiger partial charge in [0.25, 0.3) is 0 Å². The number of rotatable bonds is 1. The molecule has 0 N–H and O–H groups in total. The van der Waals surface area contributed by atoms with Gasteiger partial charge in [0.05, 0.1) is 0 Å². The Bertz CT molecular complexity index is 544. The quantitative estimate of drug-likeness (QED) is 0.638. The zero-order chi connectivity index (χ0) is 11.2. The maximum absolute atomic E-state index is 4.05. The third kappa shape index (κ3) is 1.51. The molecule has 0 saturated heterocycles. The summed E-state index contributed by atoms with van der Waals surface area (Å²) >= 11 is 1.87. The summed E-state index contributed by atoms with van der Waals surface area (Å²) in [5, 5.41) is 1.43. The van der Waals surface area contributed by atoms with Crippen molar-refractivity contribution < 1.29 is 0 Å². The van der Waals surface area contributed by atoms with Crippen molar-refractivity contribution in [2.24, 2.45) is 0 Å². The molecule has 0 aliphatic rings. The van der Waals surface area contributed by atoms with Gasteiger partial charge < -0.3 is 0 Å². The second kappa shape index (κ2) is 3.49. The fourth-order valence-electron chi connectivity index (χ4n) is 2.08. The van der Waals surface area contributed by atoms with Gasteiger partial charge in [-0.25, -0.2) is 0 Å². The second-order valence-corrected chi connectivity index (χ2v) is 5.26. The van der Waals surface area contributed by atoms with Crippen molar-refractivity contribution >= 4 is 27.0 Å². The summed E-state index contributed by atoms with van der Waals surface area (Å²) in [4.78, 5) is 1.35. The van der Waals surface area contributed by atoms with Crippen LogP contribution in [0.5, 0.6) is 0 Å². The highest BCUT2D eigenvalue weighted by molar-refractivity contribution is 7.20. The van der Waals surface area contributed by atoms with Crippen molar-refractivity contribution in [1.82, 2.24) is 0 Å². The molecule has 0 saturated carbocycles. The molecule has 2 rings (SSSR count). The van der Waals surface area contributed by atoms with Crippen molar-refractivity contribution in [2.45, 2.75) is 27.7 Å². The highest BCUT2D eigenvalue weighted by Crippen LogP contribution is 2.37. The summed E-state index contributed by atoms with van der Waals surface area (Å²) in [5.74, 6) is 0. The lowest BCUT2D eigenvalue weighted by Gasteiger charge is -2.00. The predicted octanol–water partition coefficient (Wildman–Crippen LogP) is 4.86. The molecule has 0 bridgehead atoms. The molecule has 1 aromatic heterocycles. The monoisotopic (exact) mass is 216 g/mol. The first-order valence-electron chi connectivity index (χ1n) is 5.17. The smallest absolute Gasteiger partial charge is 0.0383 e. The average molecular weight is 216 g/mol. The van der Waals surface area contributed by atoms with E-state index in [1.165, 1.54) is 37.2 Å². The molecule has 0 fully saturated rings. The summed E-state index contributed by atoms with van der Waals surface area (Å²) in [6, 6.07) is 4.41. The van der Waals surface area contributed by atoms with Gasteiger partial charge in [0.1, 0.15) is 0 Å². The summed E-state index contributed by atoms with van der Waals surface area (Å²) in [5.41, 5.74) is 5.31. The molecule has 0 atom stereocenters. The number of fused-ring (bicyclic) bond motifs is 1. The Morgan fingerprint density at radius 1 is 1.13 bits per heavy atom. The molecular formula is C14H16S. The molecule has 0 amide bonds. The van der Waals surface area contributed by atoms with Crippen molar-refractivity contribution in [3.05, 3.63) is 40.3 Å². The van der Waals surface area contributed by atoms with Crippen LogP contribution in [0.1, 0.15) is 28.5 Å². The van der Waals surface area contributed by atoms with Crippen LogP contribution in [0.4, 0.5) is 0 Å². The maximum Gasteiger partial charge on any atom is 0.0383 e. The summed E-state index contributed by atoms with van der Waals surface area (Å²) < 4.78 is 1.42. The summed E-state index contributed by atoms with van der Waals surface area (Å²) in [7, 11) is 0. The fourth-order valence-corrected chi connectivity index (χ4v) is 3.36. The van der Waals surface area contributed by atoms with Gasteiger partial charge in [-0.05, 0) is 55.3 Å². The predicted molar refractivity (Wildman–Crippen MR) is 70.7 cm³/mol. The van der Waals surface area contributed by atoms with Gasteiger partial charge in [-0.15, -0.1) is 11.3 Å². The summed E-state index contributed by atoms with van der Waals surface area (Å²) in [6.45, 7) is 12.7. The van der Waals surface area contributed by atoms with Crippen LogP contribution in [0.3, 0.4) is 0 Å². The summed E-state index contributed by atoms with van der Waals surface area (Å²) in [6.07, 6.45) is 0. The SMILES string of the molecule is C=C(C)c1sc2c(C)ccc(C)c2c1C. The first kappa shape index (κ1) is 10.4. The Kier molecular flexibility index (Phi) is 2.43. The molecule has 1 heterocycles. The first-order chi connectivity index (χ1) is 7.02. The fraction of sp³-hybridized carbons (Fsp3) is 0.286. The molecule has 0 aliphatic carbocycles. The van der Waals surface area contributed by atoms with Crippen molar-refractivity contribution in [3.63, 3.8) is 0 Å². The van der Waals surface area contributed by atoms with Crippen molar-refractivity contribution in [2.75, 3.05) is 0 Å². The van der Waals surface area contributed by atoms with Crippen LogP contribution in [-0.4, -0.2) is 0 Å². The Hall–Kier alpha value is -1.08. The minimum absolute atomic E-state index is 1.17. The van der Waals surface area contributed by atoms with Gasteiger partial charge in [-0.1, -0.05) is 18.7 Å². The van der Waals surface area contributed by atoms with Crippen LogP contribution in [0.15, 0.2) is 18.7 Å². The van der Waals surface area contributed by atoms with E-state index in [1.807, 2.05) is 11.3 Å². The number of hydrogen-bond acceptors (Lipinski definition) is 1. The average Bonchev–Trinajstić information content (AvgIpc) is 2.51. The van der Waals surface area contributed by atoms with Gasteiger partial charge in [-0.3, -0.25) is 0 Å². The van der Waals surface area contributed by atoms with Gasteiger partial charge >= 0.3 is 0 Å². The van der Waals surface area contributed by atoms with E-state index >= 15 is 0 Å². The van der Waals surface area contributed by atoms with E-state index in [4.69, 9.17) is 0 Å². The normalized spacial score (nSPS) is 10.9. The third-order valence-corrected chi connectivity index (χ3v) is 4.46. The lowest BCUT2D eigenvalue weighted by molar-refractivity contribution is 1.45. The minimum atomic E-state index is 1.17. The van der Waals surface area contributed by atoms with Crippen LogP contribution < -0.4 is 0 Å². The Labute approximate surface area is 95.3 Å². The van der Waals surface area contributed by atoms with E-state index in [-0.39, 0.29) is 0 Å². The number of allylic oxidation sites excluding steroid dienone is 1. The molecule has 15 heavy (non-hydrogen) atoms. The highest BCUT2D eigenvalue weighted by atomic mass is 32.1. The minimum Gasteiger partial charge on any atom is -0.135 e. The number of aryl methyl sites for hydroxylation is 3. The van der Waals surface area contributed by atoms with Crippen LogP contribution in [0.25, 0.3) is 15.7 Å². The van der Waals surface area contributed by atoms with E-state index in [1.54, 1.807) is 0 Å². The molecule has 0 aliphatic heterocycles. The zero-order valence-electron chi connectivity index (χ0n) is 9.77. The Balaban J connectivity index is 2.93. The molecular weight excluding hydrogens is 200 g/mol. The standard InChI is InChI=1S/C14H16S/c1-8(2)13-11(5)12-9(3)6-7-10(4)14(12)15-13/h6-7H,1H2,2-5H3. The zero-order valence-corrected chi connectivity index (χ0v) is 10.6. The molecule has 1 heteroatoms. The van der Waals surface area contributed by atoms with E-state index in [9.17, 15) is 0 Å². The number of hydrogen-bond donors (Lipinski definition) is 0. The van der Waals surface area contributed by atoms with Gasteiger partial charge in [-0.2, -0.15) is 0 Å². The first-order valence-corrected chi connectivity index (χ1v) is 5.99. The van der Waals surface area contributed by atoms with Gasteiger partial charge in [0, 0.05) is 9.58 Å². The van der Waals surface area contributed by atoms with Crippen LogP contribution in [-0.2, 0) is 0 Å². The van der Waals surface area contributed by atoms with Crippen LogP contribution in [0.2, 0.25) is 0 Å². The van der Waals surface area contributed by atoms with Crippen molar-refractivity contribution in [1.29, 1.82) is 0 Å². The van der Waals surface area contributed by atoms with Crippen molar-refractivity contribution in [3.8, 4) is 0 Å². The van der Waals surface area contributed by atoms with E-state index in [0.29, 0.717) is 0 Å². The largest absolute Gasteiger partial charge is 0.135 e. The maximum atomic E-state index is 4.05. The second-order valence-electron chi connectivity index (χ2n) is 4.24. The molecule has 0 unspecified atom stereocenters. The van der Waals surface area contributed by atoms with Crippen LogP contribution in [0, 0.1) is 20.8 Å². The van der Waals surface area contributed by atoms with E-state index < -0.39 is 0 Å². The highest BCUT2D eigenvalue weighted by Gasteiger charge is 2.12. The Morgan fingerprint density at radius 2 is 1.73 bits per heavy atom. The van der Waals surface area contributed by atoms with Gasteiger partial charge in [0.2, 0.25) is 0 Å². The molecule has 0 spiro atoms. The van der Waals surface area contributed by atoms with Gasteiger partial charge in [0.15, 0.2) is 0 Å². The molecule has 0 radical (unpaired) electrons. The Morgan fingerprint density at radius 3 is 2.27 bits per heavy atom. The van der Waals surface area contributed by atoms with E-state index in [2.05, 4.69) is 46.4 Å². The number of thiophene rings is 1. The van der Waals surface area contributed by atoms with Crippen LogP contribution >= 0.6 is 11.3 Å². The molecule has 0 nitrogen and oxygen atoms in total. The topological polar surface area (TPSA) is 0 Å². The molecule has 78 valence electrons. The lowest BCUT2D eigenvalue weighted by Crippen LogP contribution is -1.80. The molecule has 1 aromatic carbocycles.